The quantitative estimate of drug-likeness (QED) is 0.779. The number of hydrogen-bond donors (Lipinski definition) is 1. The second kappa shape index (κ2) is 6.02. The molecule has 2 N–H and O–H groups in total. The third-order valence-corrected chi connectivity index (χ3v) is 3.76. The maximum Gasteiger partial charge on any atom is 0.119 e. The van der Waals surface area contributed by atoms with Crippen molar-refractivity contribution in [2.45, 2.75) is 13.0 Å². The van der Waals surface area contributed by atoms with Gasteiger partial charge in [-0.05, 0) is 59.8 Å². The SMILES string of the molecule is COc1cccc(Cn2ccc3cc(CCN)ccc32)c1. The topological polar surface area (TPSA) is 40.2 Å². The third kappa shape index (κ3) is 2.93. The van der Waals surface area contributed by atoms with E-state index in [4.69, 9.17) is 10.5 Å². The van der Waals surface area contributed by atoms with Gasteiger partial charge in [0, 0.05) is 18.3 Å². The van der Waals surface area contributed by atoms with Gasteiger partial charge in [-0.25, -0.2) is 0 Å². The van der Waals surface area contributed by atoms with Crippen molar-refractivity contribution in [2.24, 2.45) is 5.73 Å². The molecule has 0 fully saturated rings. The molecule has 0 bridgehead atoms. The van der Waals surface area contributed by atoms with Gasteiger partial charge < -0.3 is 15.0 Å². The van der Waals surface area contributed by atoms with Crippen molar-refractivity contribution in [1.82, 2.24) is 4.57 Å². The fourth-order valence-corrected chi connectivity index (χ4v) is 2.68. The van der Waals surface area contributed by atoms with Crippen molar-refractivity contribution in [3.63, 3.8) is 0 Å². The van der Waals surface area contributed by atoms with Crippen LogP contribution < -0.4 is 10.5 Å². The van der Waals surface area contributed by atoms with Gasteiger partial charge in [-0.3, -0.25) is 0 Å². The van der Waals surface area contributed by atoms with Crippen LogP contribution in [0.3, 0.4) is 0 Å². The maximum atomic E-state index is 5.62. The molecule has 1 heterocycles. The van der Waals surface area contributed by atoms with Crippen LogP contribution >= 0.6 is 0 Å². The molecule has 0 amide bonds. The van der Waals surface area contributed by atoms with Gasteiger partial charge in [-0.15, -0.1) is 0 Å². The standard InChI is InChI=1S/C18H20N2O/c1-21-17-4-2-3-15(12-17)13-20-10-8-16-11-14(7-9-19)5-6-18(16)20/h2-6,8,10-12H,7,9,13,19H2,1H3. The molecule has 3 aromatic rings. The summed E-state index contributed by atoms with van der Waals surface area (Å²) in [5, 5.41) is 1.27. The van der Waals surface area contributed by atoms with E-state index in [0.717, 1.165) is 18.7 Å². The molecule has 3 nitrogen and oxygen atoms in total. The van der Waals surface area contributed by atoms with Gasteiger partial charge in [0.2, 0.25) is 0 Å². The van der Waals surface area contributed by atoms with E-state index in [1.165, 1.54) is 22.0 Å². The van der Waals surface area contributed by atoms with E-state index in [1.807, 2.05) is 12.1 Å². The lowest BCUT2D eigenvalue weighted by atomic mass is 10.1. The summed E-state index contributed by atoms with van der Waals surface area (Å²) in [6, 6.07) is 16.9. The molecule has 0 unspecified atom stereocenters. The van der Waals surface area contributed by atoms with E-state index < -0.39 is 0 Å². The summed E-state index contributed by atoms with van der Waals surface area (Å²) in [5.41, 5.74) is 9.40. The molecular formula is C18H20N2O. The highest BCUT2D eigenvalue weighted by atomic mass is 16.5. The van der Waals surface area contributed by atoms with E-state index in [-0.39, 0.29) is 0 Å². The Morgan fingerprint density at radius 3 is 2.76 bits per heavy atom. The number of nitrogens with zero attached hydrogens (tertiary/aromatic N) is 1. The molecule has 0 aliphatic heterocycles. The Balaban J connectivity index is 1.90. The molecule has 0 spiro atoms. The maximum absolute atomic E-state index is 5.62. The second-order valence-corrected chi connectivity index (χ2v) is 5.23. The number of methoxy groups -OCH3 is 1. The third-order valence-electron chi connectivity index (χ3n) is 3.76. The predicted octanol–water partition coefficient (Wildman–Crippen LogP) is 3.20. The molecule has 2 aromatic carbocycles. The molecule has 3 heteroatoms. The highest BCUT2D eigenvalue weighted by molar-refractivity contribution is 5.81. The van der Waals surface area contributed by atoms with Crippen LogP contribution in [0.1, 0.15) is 11.1 Å². The van der Waals surface area contributed by atoms with Gasteiger partial charge in [-0.1, -0.05) is 18.2 Å². The minimum absolute atomic E-state index is 0.691. The number of fused-ring (bicyclic) bond motifs is 1. The summed E-state index contributed by atoms with van der Waals surface area (Å²) in [4.78, 5) is 0. The molecule has 1 aromatic heterocycles. The first-order valence-electron chi connectivity index (χ1n) is 7.21. The molecule has 0 aliphatic carbocycles. The average Bonchev–Trinajstić information content (AvgIpc) is 2.90. The summed E-state index contributed by atoms with van der Waals surface area (Å²) in [7, 11) is 1.70. The van der Waals surface area contributed by atoms with Crippen LogP contribution in [0.25, 0.3) is 10.9 Å². The monoisotopic (exact) mass is 280 g/mol. The van der Waals surface area contributed by atoms with E-state index in [2.05, 4.69) is 47.2 Å². The largest absolute Gasteiger partial charge is 0.497 e. The molecule has 0 saturated carbocycles. The Bertz CT molecular complexity index is 746. The zero-order valence-corrected chi connectivity index (χ0v) is 12.3. The first-order chi connectivity index (χ1) is 10.3. The van der Waals surface area contributed by atoms with Crippen molar-refractivity contribution in [3.05, 3.63) is 65.9 Å². The highest BCUT2D eigenvalue weighted by Gasteiger charge is 2.04. The van der Waals surface area contributed by atoms with E-state index >= 15 is 0 Å². The number of rotatable bonds is 5. The van der Waals surface area contributed by atoms with E-state index in [1.54, 1.807) is 7.11 Å². The first kappa shape index (κ1) is 13.7. The number of hydrogen-bond acceptors (Lipinski definition) is 2. The van der Waals surface area contributed by atoms with Crippen molar-refractivity contribution in [2.75, 3.05) is 13.7 Å². The molecule has 0 saturated heterocycles. The normalized spacial score (nSPS) is 11.0. The van der Waals surface area contributed by atoms with Crippen molar-refractivity contribution < 1.29 is 4.74 Å². The van der Waals surface area contributed by atoms with Crippen molar-refractivity contribution >= 4 is 10.9 Å². The molecule has 0 radical (unpaired) electrons. The van der Waals surface area contributed by atoms with Crippen LogP contribution in [0.5, 0.6) is 5.75 Å². The summed E-state index contributed by atoms with van der Waals surface area (Å²) < 4.78 is 7.54. The summed E-state index contributed by atoms with van der Waals surface area (Å²) in [6.07, 6.45) is 3.06. The van der Waals surface area contributed by atoms with Gasteiger partial charge in [0.05, 0.1) is 7.11 Å². The Morgan fingerprint density at radius 2 is 1.95 bits per heavy atom. The molecule has 108 valence electrons. The van der Waals surface area contributed by atoms with Gasteiger partial charge in [-0.2, -0.15) is 0 Å². The molecule has 0 aliphatic rings. The van der Waals surface area contributed by atoms with E-state index in [0.29, 0.717) is 6.54 Å². The van der Waals surface area contributed by atoms with Crippen LogP contribution in [-0.4, -0.2) is 18.2 Å². The van der Waals surface area contributed by atoms with Gasteiger partial charge in [0.15, 0.2) is 0 Å². The molecule has 21 heavy (non-hydrogen) atoms. The summed E-state index contributed by atoms with van der Waals surface area (Å²) >= 11 is 0. The number of ether oxygens (including phenoxy) is 1. The smallest absolute Gasteiger partial charge is 0.119 e. The Labute approximate surface area is 125 Å². The van der Waals surface area contributed by atoms with Crippen LogP contribution in [0.2, 0.25) is 0 Å². The van der Waals surface area contributed by atoms with Gasteiger partial charge in [0.25, 0.3) is 0 Å². The Morgan fingerprint density at radius 1 is 1.05 bits per heavy atom. The van der Waals surface area contributed by atoms with Crippen LogP contribution in [0.15, 0.2) is 54.7 Å². The molecule has 0 atom stereocenters. The lowest BCUT2D eigenvalue weighted by Crippen LogP contribution is -2.02. The lowest BCUT2D eigenvalue weighted by Gasteiger charge is -2.08. The summed E-state index contributed by atoms with van der Waals surface area (Å²) in [5.74, 6) is 0.897. The number of aromatic nitrogens is 1. The van der Waals surface area contributed by atoms with Crippen molar-refractivity contribution in [3.8, 4) is 5.75 Å². The Hall–Kier alpha value is -2.26. The second-order valence-electron chi connectivity index (χ2n) is 5.23. The van der Waals surface area contributed by atoms with E-state index in [9.17, 15) is 0 Å². The number of benzene rings is 2. The zero-order chi connectivity index (χ0) is 14.7. The average molecular weight is 280 g/mol. The van der Waals surface area contributed by atoms with Gasteiger partial charge >= 0.3 is 0 Å². The van der Waals surface area contributed by atoms with Crippen LogP contribution in [0, 0.1) is 0 Å². The Kier molecular flexibility index (Phi) is 3.93. The minimum Gasteiger partial charge on any atom is -0.497 e. The van der Waals surface area contributed by atoms with Crippen molar-refractivity contribution in [1.29, 1.82) is 0 Å². The predicted molar refractivity (Wildman–Crippen MR) is 86.8 cm³/mol. The zero-order valence-electron chi connectivity index (χ0n) is 12.3. The molecular weight excluding hydrogens is 260 g/mol. The fraction of sp³-hybridized carbons (Fsp3) is 0.222. The van der Waals surface area contributed by atoms with Crippen LogP contribution in [-0.2, 0) is 13.0 Å². The summed E-state index contributed by atoms with van der Waals surface area (Å²) in [6.45, 7) is 1.53. The van der Waals surface area contributed by atoms with Crippen LogP contribution in [0.4, 0.5) is 0 Å². The fourth-order valence-electron chi connectivity index (χ4n) is 2.68. The molecule has 3 rings (SSSR count). The lowest BCUT2D eigenvalue weighted by molar-refractivity contribution is 0.414. The minimum atomic E-state index is 0.691. The first-order valence-corrected chi connectivity index (χ1v) is 7.21. The number of nitrogens with two attached hydrogens (primary N) is 1. The highest BCUT2D eigenvalue weighted by Crippen LogP contribution is 2.20. The van der Waals surface area contributed by atoms with Gasteiger partial charge in [0.1, 0.15) is 5.75 Å².